The second kappa shape index (κ2) is 10.4. The van der Waals surface area contributed by atoms with Crippen LogP contribution in [0.3, 0.4) is 0 Å². The lowest BCUT2D eigenvalue weighted by Crippen LogP contribution is -2.21. The number of ether oxygens (including phenoxy) is 1. The molecule has 0 radical (unpaired) electrons. The number of aromatic amines is 1. The minimum Gasteiger partial charge on any atom is -0.462 e. The Hall–Kier alpha value is -2.68. The second-order valence-corrected chi connectivity index (χ2v) is 7.76. The summed E-state index contributed by atoms with van der Waals surface area (Å²) in [4.78, 5) is 24.9. The van der Waals surface area contributed by atoms with Crippen LogP contribution in [0.4, 0.5) is 16.3 Å². The molecule has 10 heteroatoms. The molecule has 0 bridgehead atoms. The van der Waals surface area contributed by atoms with Gasteiger partial charge in [-0.1, -0.05) is 65.3 Å². The molecular formula is C20H18Cl2N4O3S. The Morgan fingerprint density at radius 2 is 1.87 bits per heavy atom. The van der Waals surface area contributed by atoms with E-state index in [4.69, 9.17) is 27.9 Å². The summed E-state index contributed by atoms with van der Waals surface area (Å²) in [6, 6.07) is 13.9. The molecule has 0 atom stereocenters. The molecule has 0 aliphatic rings. The van der Waals surface area contributed by atoms with Gasteiger partial charge in [-0.15, -0.1) is 0 Å². The fourth-order valence-corrected chi connectivity index (χ4v) is 3.72. The molecule has 0 unspecified atom stereocenters. The van der Waals surface area contributed by atoms with Gasteiger partial charge in [0.05, 0.1) is 16.7 Å². The highest BCUT2D eigenvalue weighted by molar-refractivity contribution is 7.98. The van der Waals surface area contributed by atoms with Crippen molar-refractivity contribution in [2.75, 3.05) is 17.2 Å². The number of H-pyrrole nitrogens is 1. The van der Waals surface area contributed by atoms with Gasteiger partial charge in [0.1, 0.15) is 16.4 Å². The third-order valence-electron chi connectivity index (χ3n) is 3.85. The maximum Gasteiger partial charge on any atom is 0.344 e. The van der Waals surface area contributed by atoms with Gasteiger partial charge in [-0.05, 0) is 30.7 Å². The Morgan fingerprint density at radius 1 is 1.10 bits per heavy atom. The minimum absolute atomic E-state index is 0.140. The maximum absolute atomic E-state index is 12.5. The molecule has 0 aliphatic carbocycles. The summed E-state index contributed by atoms with van der Waals surface area (Å²) in [6.45, 7) is 1.90. The summed E-state index contributed by atoms with van der Waals surface area (Å²) in [6.07, 6.45) is 0. The van der Waals surface area contributed by atoms with E-state index in [-0.39, 0.29) is 18.0 Å². The van der Waals surface area contributed by atoms with Crippen molar-refractivity contribution in [1.82, 2.24) is 10.2 Å². The number of anilines is 2. The van der Waals surface area contributed by atoms with E-state index in [0.29, 0.717) is 26.5 Å². The number of urea groups is 1. The van der Waals surface area contributed by atoms with E-state index in [0.717, 1.165) is 5.56 Å². The number of aromatic nitrogens is 2. The van der Waals surface area contributed by atoms with Crippen molar-refractivity contribution in [3.8, 4) is 0 Å². The van der Waals surface area contributed by atoms with Crippen molar-refractivity contribution in [3.05, 3.63) is 69.7 Å². The van der Waals surface area contributed by atoms with E-state index in [9.17, 15) is 9.59 Å². The first-order valence-electron chi connectivity index (χ1n) is 8.93. The third kappa shape index (κ3) is 5.69. The molecule has 0 saturated carbocycles. The van der Waals surface area contributed by atoms with Gasteiger partial charge in [0.2, 0.25) is 0 Å². The Kier molecular flexibility index (Phi) is 7.62. The van der Waals surface area contributed by atoms with Crippen LogP contribution in [-0.4, -0.2) is 28.8 Å². The number of carbonyl (C=O) groups is 2. The molecule has 1 heterocycles. The topological polar surface area (TPSA) is 96.1 Å². The highest BCUT2D eigenvalue weighted by atomic mass is 35.5. The van der Waals surface area contributed by atoms with Crippen LogP contribution in [-0.2, 0) is 10.5 Å². The predicted molar refractivity (Wildman–Crippen MR) is 120 cm³/mol. The molecule has 3 rings (SSSR count). The van der Waals surface area contributed by atoms with Crippen LogP contribution in [0.15, 0.2) is 53.6 Å². The van der Waals surface area contributed by atoms with E-state index >= 15 is 0 Å². The highest BCUT2D eigenvalue weighted by Crippen LogP contribution is 2.30. The number of halogens is 2. The molecule has 2 aromatic carbocycles. The monoisotopic (exact) mass is 464 g/mol. The van der Waals surface area contributed by atoms with Crippen molar-refractivity contribution < 1.29 is 14.3 Å². The Morgan fingerprint density at radius 3 is 2.57 bits per heavy atom. The van der Waals surface area contributed by atoms with Crippen LogP contribution in [0.2, 0.25) is 10.0 Å². The molecular weight excluding hydrogens is 447 g/mol. The van der Waals surface area contributed by atoms with Crippen LogP contribution in [0, 0.1) is 0 Å². The predicted octanol–water partition coefficient (Wildman–Crippen LogP) is 5.83. The number of thioether (sulfide) groups is 1. The molecule has 0 aliphatic heterocycles. The van der Waals surface area contributed by atoms with Gasteiger partial charge in [-0.3, -0.25) is 10.4 Å². The van der Waals surface area contributed by atoms with Crippen LogP contribution < -0.4 is 10.6 Å². The zero-order valence-corrected chi connectivity index (χ0v) is 18.2. The third-order valence-corrected chi connectivity index (χ3v) is 5.63. The number of hydrogen-bond acceptors (Lipinski definition) is 5. The normalized spacial score (nSPS) is 10.5. The molecule has 3 N–H and O–H groups in total. The molecule has 1 aromatic heterocycles. The fourth-order valence-electron chi connectivity index (χ4n) is 2.49. The van der Waals surface area contributed by atoms with Crippen molar-refractivity contribution in [2.45, 2.75) is 17.7 Å². The van der Waals surface area contributed by atoms with Gasteiger partial charge in [-0.25, -0.2) is 9.59 Å². The average molecular weight is 465 g/mol. The van der Waals surface area contributed by atoms with Crippen molar-refractivity contribution in [1.29, 1.82) is 0 Å². The minimum atomic E-state index is -0.581. The smallest absolute Gasteiger partial charge is 0.344 e. The lowest BCUT2D eigenvalue weighted by atomic mass is 10.2. The first kappa shape index (κ1) is 22.0. The molecule has 0 fully saturated rings. The fraction of sp³-hybridized carbons (Fsp3) is 0.150. The Balaban J connectivity index is 1.75. The van der Waals surface area contributed by atoms with E-state index < -0.39 is 12.0 Å². The van der Waals surface area contributed by atoms with E-state index in [2.05, 4.69) is 20.8 Å². The Bertz CT molecular complexity index is 1040. The quantitative estimate of drug-likeness (QED) is 0.301. The van der Waals surface area contributed by atoms with E-state index in [1.165, 1.54) is 17.8 Å². The van der Waals surface area contributed by atoms with Gasteiger partial charge in [0, 0.05) is 11.4 Å². The summed E-state index contributed by atoms with van der Waals surface area (Å²) >= 11 is 13.2. The molecule has 156 valence electrons. The number of nitrogens with zero attached hydrogens (tertiary/aromatic N) is 1. The zero-order valence-electron chi connectivity index (χ0n) is 15.9. The van der Waals surface area contributed by atoms with Crippen molar-refractivity contribution >= 4 is 58.5 Å². The number of amides is 2. The molecule has 7 nitrogen and oxygen atoms in total. The molecule has 0 spiro atoms. The molecule has 0 saturated heterocycles. The highest BCUT2D eigenvalue weighted by Gasteiger charge is 2.23. The maximum atomic E-state index is 12.5. The number of benzene rings is 2. The number of hydrogen-bond donors (Lipinski definition) is 3. The van der Waals surface area contributed by atoms with Crippen LogP contribution >= 0.6 is 35.0 Å². The van der Waals surface area contributed by atoms with E-state index in [1.54, 1.807) is 19.1 Å². The van der Waals surface area contributed by atoms with Crippen LogP contribution in [0.1, 0.15) is 22.8 Å². The largest absolute Gasteiger partial charge is 0.462 e. The van der Waals surface area contributed by atoms with Crippen molar-refractivity contribution in [3.63, 3.8) is 0 Å². The van der Waals surface area contributed by atoms with Gasteiger partial charge >= 0.3 is 12.0 Å². The number of nitrogens with one attached hydrogen (secondary N) is 3. The van der Waals surface area contributed by atoms with Gasteiger partial charge < -0.3 is 10.1 Å². The SMILES string of the molecule is CCOC(=O)c1c(SCc2ccccc2)n[nH]c1NC(=O)Nc1ccc(Cl)c(Cl)c1. The summed E-state index contributed by atoms with van der Waals surface area (Å²) < 4.78 is 5.13. The van der Waals surface area contributed by atoms with Crippen molar-refractivity contribution in [2.24, 2.45) is 0 Å². The van der Waals surface area contributed by atoms with Crippen LogP contribution in [0.5, 0.6) is 0 Å². The molecule has 30 heavy (non-hydrogen) atoms. The second-order valence-electron chi connectivity index (χ2n) is 5.98. The van der Waals surface area contributed by atoms with Gasteiger partial charge in [-0.2, -0.15) is 5.10 Å². The van der Waals surface area contributed by atoms with Gasteiger partial charge in [0.25, 0.3) is 0 Å². The standard InChI is InChI=1S/C20H18Cl2N4O3S/c1-2-29-19(27)16-17(24-20(28)23-13-8-9-14(21)15(22)10-13)25-26-18(16)30-11-12-6-4-3-5-7-12/h3-10H,2,11H2,1H3,(H3,23,24,25,26,28). The summed E-state index contributed by atoms with van der Waals surface area (Å²) in [5, 5.41) is 13.2. The summed E-state index contributed by atoms with van der Waals surface area (Å²) in [5.74, 6) is 0.167. The first-order chi connectivity index (χ1) is 14.5. The summed E-state index contributed by atoms with van der Waals surface area (Å²) in [5.41, 5.74) is 1.69. The lowest BCUT2D eigenvalue weighted by molar-refractivity contribution is 0.0523. The number of rotatable bonds is 7. The number of esters is 1. The van der Waals surface area contributed by atoms with Gasteiger partial charge in [0.15, 0.2) is 0 Å². The molecule has 3 aromatic rings. The Labute approximate surface area is 187 Å². The van der Waals surface area contributed by atoms with Crippen LogP contribution in [0.25, 0.3) is 0 Å². The van der Waals surface area contributed by atoms with E-state index in [1.807, 2.05) is 30.3 Å². The average Bonchev–Trinajstić information content (AvgIpc) is 3.12. The first-order valence-corrected chi connectivity index (χ1v) is 10.7. The number of carbonyl (C=O) groups excluding carboxylic acids is 2. The zero-order chi connectivity index (χ0) is 21.5. The molecule has 2 amide bonds. The lowest BCUT2D eigenvalue weighted by Gasteiger charge is -2.09. The summed E-state index contributed by atoms with van der Waals surface area (Å²) in [7, 11) is 0.